The molecule has 0 aliphatic carbocycles. The molecule has 0 saturated carbocycles. The Kier molecular flexibility index (Phi) is 4.12. The van der Waals surface area contributed by atoms with Gasteiger partial charge in [0.1, 0.15) is 5.54 Å². The average molecular weight is 250 g/mol. The van der Waals surface area contributed by atoms with E-state index >= 15 is 0 Å². The number of hydrogen-bond donors (Lipinski definition) is 2. The Bertz CT molecular complexity index is 416. The molecule has 0 aliphatic rings. The molecule has 0 aromatic carbocycles. The van der Waals surface area contributed by atoms with Gasteiger partial charge in [0.15, 0.2) is 0 Å². The number of nitrogens with one attached hydrogen (secondary N) is 1. The van der Waals surface area contributed by atoms with Crippen LogP contribution in [0.15, 0.2) is 18.3 Å². The van der Waals surface area contributed by atoms with Crippen molar-refractivity contribution in [3.05, 3.63) is 29.6 Å². The van der Waals surface area contributed by atoms with Gasteiger partial charge < -0.3 is 5.11 Å². The first-order valence-corrected chi connectivity index (χ1v) is 6.07. The number of aromatic nitrogens is 1. The van der Waals surface area contributed by atoms with Crippen LogP contribution in [0.1, 0.15) is 45.9 Å². The SMILES string of the molecule is CC(C)(NCc1ccc(C(C)(C)C)nc1)C(=O)O. The van der Waals surface area contributed by atoms with Gasteiger partial charge >= 0.3 is 5.97 Å². The standard InChI is InChI=1S/C14H22N2O2/c1-13(2,3)11-7-6-10(8-15-11)9-16-14(4,5)12(17)18/h6-8,16H,9H2,1-5H3,(H,17,18). The molecule has 100 valence electrons. The second-order valence-corrected chi connectivity index (χ2v) is 6.09. The highest BCUT2D eigenvalue weighted by atomic mass is 16.4. The van der Waals surface area contributed by atoms with Crippen LogP contribution >= 0.6 is 0 Å². The topological polar surface area (TPSA) is 62.2 Å². The molecule has 1 aromatic rings. The van der Waals surface area contributed by atoms with E-state index in [1.807, 2.05) is 12.1 Å². The van der Waals surface area contributed by atoms with Gasteiger partial charge in [-0.3, -0.25) is 15.1 Å². The fourth-order valence-corrected chi connectivity index (χ4v) is 1.37. The summed E-state index contributed by atoms with van der Waals surface area (Å²) in [6, 6.07) is 3.98. The van der Waals surface area contributed by atoms with Gasteiger partial charge in [-0.15, -0.1) is 0 Å². The minimum atomic E-state index is -0.928. The molecule has 0 aliphatic heterocycles. The summed E-state index contributed by atoms with van der Waals surface area (Å²) in [5, 5.41) is 12.0. The van der Waals surface area contributed by atoms with Gasteiger partial charge in [-0.25, -0.2) is 0 Å². The Morgan fingerprint density at radius 2 is 1.89 bits per heavy atom. The van der Waals surface area contributed by atoms with Gasteiger partial charge in [0, 0.05) is 23.9 Å². The number of pyridine rings is 1. The highest BCUT2D eigenvalue weighted by Crippen LogP contribution is 2.19. The summed E-state index contributed by atoms with van der Waals surface area (Å²) in [6.45, 7) is 10.1. The van der Waals surface area contributed by atoms with E-state index in [0.29, 0.717) is 6.54 Å². The van der Waals surface area contributed by atoms with Gasteiger partial charge in [-0.1, -0.05) is 26.8 Å². The number of hydrogen-bond acceptors (Lipinski definition) is 3. The van der Waals surface area contributed by atoms with Crippen molar-refractivity contribution in [3.8, 4) is 0 Å². The molecule has 0 bridgehead atoms. The van der Waals surface area contributed by atoms with E-state index in [0.717, 1.165) is 11.3 Å². The average Bonchev–Trinajstić information content (AvgIpc) is 2.25. The zero-order valence-corrected chi connectivity index (χ0v) is 11.7. The Hall–Kier alpha value is -1.42. The van der Waals surface area contributed by atoms with Crippen LogP contribution in [0.5, 0.6) is 0 Å². The molecule has 18 heavy (non-hydrogen) atoms. The molecule has 4 nitrogen and oxygen atoms in total. The molecule has 0 unspecified atom stereocenters. The van der Waals surface area contributed by atoms with Gasteiger partial charge in [-0.05, 0) is 25.5 Å². The zero-order valence-electron chi connectivity index (χ0n) is 11.7. The molecule has 0 atom stereocenters. The van der Waals surface area contributed by atoms with Gasteiger partial charge in [0.2, 0.25) is 0 Å². The van der Waals surface area contributed by atoms with Crippen molar-refractivity contribution in [1.29, 1.82) is 0 Å². The van der Waals surface area contributed by atoms with Crippen molar-refractivity contribution in [2.24, 2.45) is 0 Å². The largest absolute Gasteiger partial charge is 0.480 e. The maximum atomic E-state index is 10.9. The first kappa shape index (κ1) is 14.6. The Morgan fingerprint density at radius 1 is 1.28 bits per heavy atom. The quantitative estimate of drug-likeness (QED) is 0.861. The molecule has 1 rings (SSSR count). The summed E-state index contributed by atoms with van der Waals surface area (Å²) in [6.07, 6.45) is 1.80. The van der Waals surface area contributed by atoms with Crippen molar-refractivity contribution in [2.75, 3.05) is 0 Å². The van der Waals surface area contributed by atoms with Crippen LogP contribution in [-0.2, 0) is 16.8 Å². The summed E-state index contributed by atoms with van der Waals surface area (Å²) < 4.78 is 0. The van der Waals surface area contributed by atoms with E-state index in [4.69, 9.17) is 5.11 Å². The number of aliphatic carboxylic acids is 1. The maximum absolute atomic E-state index is 10.9. The van der Waals surface area contributed by atoms with Gasteiger partial charge in [0.05, 0.1) is 0 Å². The van der Waals surface area contributed by atoms with Crippen LogP contribution in [0.2, 0.25) is 0 Å². The lowest BCUT2D eigenvalue weighted by atomic mass is 9.91. The third-order valence-electron chi connectivity index (χ3n) is 2.86. The minimum absolute atomic E-state index is 0.0340. The van der Waals surface area contributed by atoms with E-state index in [2.05, 4.69) is 31.1 Å². The van der Waals surface area contributed by atoms with Crippen molar-refractivity contribution in [3.63, 3.8) is 0 Å². The highest BCUT2D eigenvalue weighted by Gasteiger charge is 2.25. The van der Waals surface area contributed by atoms with Crippen molar-refractivity contribution in [2.45, 2.75) is 52.1 Å². The Balaban J connectivity index is 2.68. The molecule has 0 saturated heterocycles. The summed E-state index contributed by atoms with van der Waals surface area (Å²) in [5.74, 6) is -0.859. The molecular weight excluding hydrogens is 228 g/mol. The number of carboxylic acids is 1. The first-order chi connectivity index (χ1) is 8.13. The van der Waals surface area contributed by atoms with Crippen LogP contribution in [0.4, 0.5) is 0 Å². The van der Waals surface area contributed by atoms with Gasteiger partial charge in [-0.2, -0.15) is 0 Å². The van der Waals surface area contributed by atoms with E-state index in [-0.39, 0.29) is 5.41 Å². The number of nitrogens with zero attached hydrogens (tertiary/aromatic N) is 1. The number of rotatable bonds is 4. The monoisotopic (exact) mass is 250 g/mol. The van der Waals surface area contributed by atoms with Crippen LogP contribution in [0.25, 0.3) is 0 Å². The predicted molar refractivity (Wildman–Crippen MR) is 71.5 cm³/mol. The molecule has 1 heterocycles. The third-order valence-corrected chi connectivity index (χ3v) is 2.86. The second-order valence-electron chi connectivity index (χ2n) is 6.09. The fraction of sp³-hybridized carbons (Fsp3) is 0.571. The lowest BCUT2D eigenvalue weighted by Crippen LogP contribution is -2.46. The van der Waals surface area contributed by atoms with Crippen molar-refractivity contribution >= 4 is 5.97 Å². The zero-order chi connectivity index (χ0) is 14.0. The van der Waals surface area contributed by atoms with E-state index in [9.17, 15) is 4.79 Å². The normalized spacial score (nSPS) is 12.5. The summed E-state index contributed by atoms with van der Waals surface area (Å²) in [7, 11) is 0. The highest BCUT2D eigenvalue weighted by molar-refractivity contribution is 5.77. The minimum Gasteiger partial charge on any atom is -0.480 e. The van der Waals surface area contributed by atoms with E-state index in [1.165, 1.54) is 0 Å². The molecule has 0 amide bonds. The Morgan fingerprint density at radius 3 is 2.28 bits per heavy atom. The van der Waals surface area contributed by atoms with Crippen molar-refractivity contribution < 1.29 is 9.90 Å². The summed E-state index contributed by atoms with van der Waals surface area (Å²) >= 11 is 0. The summed E-state index contributed by atoms with van der Waals surface area (Å²) in [5.41, 5.74) is 1.12. The molecule has 1 aromatic heterocycles. The van der Waals surface area contributed by atoms with Crippen LogP contribution in [0.3, 0.4) is 0 Å². The first-order valence-electron chi connectivity index (χ1n) is 6.07. The van der Waals surface area contributed by atoms with Gasteiger partial charge in [0.25, 0.3) is 0 Å². The van der Waals surface area contributed by atoms with Crippen LogP contribution in [0, 0.1) is 0 Å². The molecular formula is C14H22N2O2. The lowest BCUT2D eigenvalue weighted by Gasteiger charge is -2.21. The third kappa shape index (κ3) is 3.81. The Labute approximate surface area is 108 Å². The molecule has 4 heteroatoms. The molecule has 2 N–H and O–H groups in total. The lowest BCUT2D eigenvalue weighted by molar-refractivity contribution is -0.143. The number of carboxylic acid groups (broad SMARTS) is 1. The maximum Gasteiger partial charge on any atom is 0.323 e. The van der Waals surface area contributed by atoms with Crippen LogP contribution < -0.4 is 5.32 Å². The predicted octanol–water partition coefficient (Wildman–Crippen LogP) is 2.33. The number of carbonyl (C=O) groups is 1. The fourth-order valence-electron chi connectivity index (χ4n) is 1.37. The molecule has 0 spiro atoms. The molecule has 0 fully saturated rings. The summed E-state index contributed by atoms with van der Waals surface area (Å²) in [4.78, 5) is 15.4. The van der Waals surface area contributed by atoms with Crippen molar-refractivity contribution in [1.82, 2.24) is 10.3 Å². The van der Waals surface area contributed by atoms with Crippen LogP contribution in [-0.4, -0.2) is 21.6 Å². The van der Waals surface area contributed by atoms with E-state index in [1.54, 1.807) is 20.0 Å². The molecule has 0 radical (unpaired) electrons. The van der Waals surface area contributed by atoms with E-state index < -0.39 is 11.5 Å². The second kappa shape index (κ2) is 5.06. The smallest absolute Gasteiger partial charge is 0.323 e.